The number of anilines is 1. The zero-order valence-electron chi connectivity index (χ0n) is 13.5. The molecule has 3 aromatic heterocycles. The van der Waals surface area contributed by atoms with Crippen LogP contribution >= 0.6 is 11.6 Å². The van der Waals surface area contributed by atoms with Crippen molar-refractivity contribution >= 4 is 34.4 Å². The standard InChI is InChI=1S/C18H14ClN5O2/c19-13-6-15-16(9-21-17(15)20-7-13)23-18(25)26-14-8-22-24(11-14)10-12-4-2-1-3-5-12/h1-9,11H,10H2,(H,20,21)(H,23,25). The average Bonchev–Trinajstić information content (AvgIpc) is 3.23. The van der Waals surface area contributed by atoms with Gasteiger partial charge in [0.1, 0.15) is 5.65 Å². The number of hydrogen-bond acceptors (Lipinski definition) is 4. The van der Waals surface area contributed by atoms with Crippen molar-refractivity contribution in [3.8, 4) is 5.75 Å². The minimum absolute atomic E-state index is 0.356. The summed E-state index contributed by atoms with van der Waals surface area (Å²) in [5.41, 5.74) is 2.27. The largest absolute Gasteiger partial charge is 0.417 e. The summed E-state index contributed by atoms with van der Waals surface area (Å²) in [6.45, 7) is 0.596. The van der Waals surface area contributed by atoms with Gasteiger partial charge < -0.3 is 9.72 Å². The van der Waals surface area contributed by atoms with Crippen molar-refractivity contribution in [2.24, 2.45) is 0 Å². The summed E-state index contributed by atoms with van der Waals surface area (Å²) in [7, 11) is 0. The summed E-state index contributed by atoms with van der Waals surface area (Å²) in [5, 5.41) is 8.06. The predicted octanol–water partition coefficient (Wildman–Crippen LogP) is 4.07. The van der Waals surface area contributed by atoms with Crippen LogP contribution in [0.1, 0.15) is 5.56 Å². The molecule has 0 aliphatic rings. The number of carbonyl (C=O) groups excluding carboxylic acids is 1. The number of halogens is 1. The van der Waals surface area contributed by atoms with E-state index in [0.717, 1.165) is 5.56 Å². The predicted molar refractivity (Wildman–Crippen MR) is 98.5 cm³/mol. The van der Waals surface area contributed by atoms with Gasteiger partial charge in [0.05, 0.1) is 29.6 Å². The molecule has 0 spiro atoms. The molecular formula is C18H14ClN5O2. The van der Waals surface area contributed by atoms with Gasteiger partial charge in [-0.2, -0.15) is 5.10 Å². The summed E-state index contributed by atoms with van der Waals surface area (Å²) >= 11 is 5.95. The second-order valence-electron chi connectivity index (χ2n) is 5.63. The van der Waals surface area contributed by atoms with Gasteiger partial charge in [0.2, 0.25) is 0 Å². The Morgan fingerprint density at radius 2 is 2.12 bits per heavy atom. The van der Waals surface area contributed by atoms with Gasteiger partial charge in [-0.25, -0.2) is 9.78 Å². The Hall–Kier alpha value is -3.32. The lowest BCUT2D eigenvalue weighted by Crippen LogP contribution is -2.16. The fourth-order valence-corrected chi connectivity index (χ4v) is 2.74. The van der Waals surface area contributed by atoms with E-state index >= 15 is 0 Å². The fraction of sp³-hybridized carbons (Fsp3) is 0.0556. The number of rotatable bonds is 4. The van der Waals surface area contributed by atoms with Crippen LogP contribution in [-0.2, 0) is 6.54 Å². The Balaban J connectivity index is 1.42. The lowest BCUT2D eigenvalue weighted by molar-refractivity contribution is 0.215. The third kappa shape index (κ3) is 3.52. The van der Waals surface area contributed by atoms with E-state index in [1.807, 2.05) is 30.3 Å². The van der Waals surface area contributed by atoms with Crippen molar-refractivity contribution < 1.29 is 9.53 Å². The van der Waals surface area contributed by atoms with Crippen molar-refractivity contribution in [1.29, 1.82) is 0 Å². The van der Waals surface area contributed by atoms with Gasteiger partial charge in [-0.15, -0.1) is 0 Å². The number of aromatic amines is 1. The molecule has 7 nitrogen and oxygen atoms in total. The van der Waals surface area contributed by atoms with Crippen LogP contribution in [0.4, 0.5) is 10.5 Å². The zero-order valence-corrected chi connectivity index (χ0v) is 14.3. The van der Waals surface area contributed by atoms with Gasteiger partial charge >= 0.3 is 6.09 Å². The van der Waals surface area contributed by atoms with Crippen LogP contribution in [0.3, 0.4) is 0 Å². The quantitative estimate of drug-likeness (QED) is 0.569. The Bertz CT molecular complexity index is 1060. The molecule has 0 bridgehead atoms. The Morgan fingerprint density at radius 3 is 2.96 bits per heavy atom. The molecule has 0 aliphatic heterocycles. The normalized spacial score (nSPS) is 10.8. The van der Waals surface area contributed by atoms with E-state index in [4.69, 9.17) is 16.3 Å². The molecule has 3 heterocycles. The second kappa shape index (κ2) is 6.89. The number of ether oxygens (including phenoxy) is 1. The molecule has 8 heteroatoms. The van der Waals surface area contributed by atoms with Gasteiger partial charge in [0, 0.05) is 17.8 Å². The molecule has 0 unspecified atom stereocenters. The maximum absolute atomic E-state index is 12.1. The number of pyridine rings is 1. The highest BCUT2D eigenvalue weighted by molar-refractivity contribution is 6.31. The highest BCUT2D eigenvalue weighted by Gasteiger charge is 2.12. The molecule has 0 atom stereocenters. The average molecular weight is 368 g/mol. The Kier molecular flexibility index (Phi) is 4.28. The van der Waals surface area contributed by atoms with Crippen molar-refractivity contribution in [3.05, 3.63) is 71.8 Å². The second-order valence-corrected chi connectivity index (χ2v) is 6.06. The topological polar surface area (TPSA) is 84.8 Å². The minimum Gasteiger partial charge on any atom is -0.407 e. The molecule has 2 N–H and O–H groups in total. The lowest BCUT2D eigenvalue weighted by Gasteiger charge is -2.04. The van der Waals surface area contributed by atoms with Crippen LogP contribution < -0.4 is 10.1 Å². The number of amides is 1. The number of aromatic nitrogens is 4. The number of nitrogens with one attached hydrogen (secondary N) is 2. The molecule has 1 amide bonds. The van der Waals surface area contributed by atoms with E-state index in [1.165, 1.54) is 12.4 Å². The molecule has 0 saturated carbocycles. The number of benzene rings is 1. The molecule has 0 fully saturated rings. The van der Waals surface area contributed by atoms with Crippen LogP contribution in [0.5, 0.6) is 5.75 Å². The van der Waals surface area contributed by atoms with E-state index < -0.39 is 6.09 Å². The fourth-order valence-electron chi connectivity index (χ4n) is 2.58. The SMILES string of the molecule is O=C(Nc1c[nH]c2ncc(Cl)cc12)Oc1cnn(Cc2ccccc2)c1. The number of carbonyl (C=O) groups is 1. The number of H-pyrrole nitrogens is 1. The lowest BCUT2D eigenvalue weighted by atomic mass is 10.2. The first-order chi connectivity index (χ1) is 12.7. The van der Waals surface area contributed by atoms with Gasteiger partial charge in [-0.3, -0.25) is 10.00 Å². The molecule has 26 heavy (non-hydrogen) atoms. The molecule has 4 aromatic rings. The van der Waals surface area contributed by atoms with Crippen LogP contribution in [0.2, 0.25) is 5.02 Å². The Morgan fingerprint density at radius 1 is 1.27 bits per heavy atom. The summed E-state index contributed by atoms with van der Waals surface area (Å²) in [5.74, 6) is 0.356. The first kappa shape index (κ1) is 16.2. The molecular weight excluding hydrogens is 354 g/mol. The van der Waals surface area contributed by atoms with Crippen molar-refractivity contribution in [3.63, 3.8) is 0 Å². The van der Waals surface area contributed by atoms with Gasteiger partial charge in [-0.1, -0.05) is 41.9 Å². The molecule has 0 saturated heterocycles. The number of fused-ring (bicyclic) bond motifs is 1. The van der Waals surface area contributed by atoms with Crippen molar-refractivity contribution in [2.45, 2.75) is 6.54 Å². The summed E-state index contributed by atoms with van der Waals surface area (Å²) in [6.07, 6.45) is 5.71. The van der Waals surface area contributed by atoms with Gasteiger partial charge in [0.25, 0.3) is 0 Å². The smallest absolute Gasteiger partial charge is 0.407 e. The molecule has 4 rings (SSSR count). The van der Waals surface area contributed by atoms with Crippen LogP contribution in [-0.4, -0.2) is 25.8 Å². The van der Waals surface area contributed by atoms with E-state index in [9.17, 15) is 4.79 Å². The summed E-state index contributed by atoms with van der Waals surface area (Å²) in [6, 6.07) is 11.6. The third-order valence-electron chi connectivity index (χ3n) is 3.74. The summed E-state index contributed by atoms with van der Waals surface area (Å²) in [4.78, 5) is 19.2. The molecule has 0 radical (unpaired) electrons. The molecule has 0 aliphatic carbocycles. The molecule has 130 valence electrons. The number of hydrogen-bond donors (Lipinski definition) is 2. The van der Waals surface area contributed by atoms with Crippen LogP contribution in [0, 0.1) is 0 Å². The highest BCUT2D eigenvalue weighted by atomic mass is 35.5. The maximum Gasteiger partial charge on any atom is 0.417 e. The highest BCUT2D eigenvalue weighted by Crippen LogP contribution is 2.24. The Labute approximate surface area is 153 Å². The maximum atomic E-state index is 12.1. The van der Waals surface area contributed by atoms with Crippen molar-refractivity contribution in [1.82, 2.24) is 19.7 Å². The van der Waals surface area contributed by atoms with Crippen molar-refractivity contribution in [2.75, 3.05) is 5.32 Å². The van der Waals surface area contributed by atoms with E-state index in [-0.39, 0.29) is 0 Å². The first-order valence-electron chi connectivity index (χ1n) is 7.85. The van der Waals surface area contributed by atoms with E-state index in [1.54, 1.807) is 23.1 Å². The number of nitrogens with zero attached hydrogens (tertiary/aromatic N) is 3. The summed E-state index contributed by atoms with van der Waals surface area (Å²) < 4.78 is 6.99. The zero-order chi connectivity index (χ0) is 17.9. The van der Waals surface area contributed by atoms with E-state index in [0.29, 0.717) is 34.0 Å². The van der Waals surface area contributed by atoms with Crippen LogP contribution in [0.15, 0.2) is 61.2 Å². The van der Waals surface area contributed by atoms with E-state index in [2.05, 4.69) is 20.4 Å². The first-order valence-corrected chi connectivity index (χ1v) is 8.23. The molecule has 1 aromatic carbocycles. The minimum atomic E-state index is -0.620. The van der Waals surface area contributed by atoms with Crippen LogP contribution in [0.25, 0.3) is 11.0 Å². The monoisotopic (exact) mass is 367 g/mol. The van der Waals surface area contributed by atoms with Gasteiger partial charge in [0.15, 0.2) is 5.75 Å². The third-order valence-corrected chi connectivity index (χ3v) is 3.95. The van der Waals surface area contributed by atoms with Gasteiger partial charge in [-0.05, 0) is 11.6 Å².